The molecular weight excluding hydrogens is 580 g/mol. The van der Waals surface area contributed by atoms with Gasteiger partial charge in [-0.2, -0.15) is 0 Å². The van der Waals surface area contributed by atoms with Crippen LogP contribution in [0.1, 0.15) is 20.7 Å². The van der Waals surface area contributed by atoms with Crippen molar-refractivity contribution < 1.29 is 9.59 Å². The number of nitrogens with zero attached hydrogens (tertiary/aromatic N) is 5. The van der Waals surface area contributed by atoms with Gasteiger partial charge in [-0.25, -0.2) is 9.97 Å². The fourth-order valence-corrected chi connectivity index (χ4v) is 4.99. The SMILES string of the molecule is CN(c1ccccc1)c1ccnc2c1c(C=O)cn2C.CNc1ccccc1.Cn1cc(C=O)c2c(Br)ccnc21. The van der Waals surface area contributed by atoms with E-state index in [4.69, 9.17) is 0 Å². The molecular formula is C32H31BrN6O2. The molecule has 208 valence electrons. The molecule has 0 aliphatic rings. The van der Waals surface area contributed by atoms with Gasteiger partial charge in [0.15, 0.2) is 12.6 Å². The van der Waals surface area contributed by atoms with E-state index in [1.807, 2.05) is 116 Å². The molecule has 0 unspecified atom stereocenters. The van der Waals surface area contributed by atoms with Crippen LogP contribution in [-0.2, 0) is 14.1 Å². The first kappa shape index (κ1) is 29.2. The molecule has 6 rings (SSSR count). The van der Waals surface area contributed by atoms with E-state index >= 15 is 0 Å². The molecule has 0 saturated heterocycles. The van der Waals surface area contributed by atoms with E-state index < -0.39 is 0 Å². The molecule has 0 bridgehead atoms. The number of benzene rings is 2. The van der Waals surface area contributed by atoms with Gasteiger partial charge in [0, 0.05) is 85.3 Å². The number of fused-ring (bicyclic) bond motifs is 2. The lowest BCUT2D eigenvalue weighted by atomic mass is 10.1. The predicted octanol–water partition coefficient (Wildman–Crippen LogP) is 7.03. The molecule has 1 N–H and O–H groups in total. The summed E-state index contributed by atoms with van der Waals surface area (Å²) in [6.07, 6.45) is 8.79. The first-order valence-corrected chi connectivity index (χ1v) is 13.6. The number of hydrogen-bond acceptors (Lipinski definition) is 6. The molecule has 0 saturated carbocycles. The number of rotatable bonds is 5. The zero-order chi connectivity index (χ0) is 29.4. The zero-order valence-electron chi connectivity index (χ0n) is 23.3. The van der Waals surface area contributed by atoms with Crippen molar-refractivity contribution in [2.45, 2.75) is 0 Å². The first-order chi connectivity index (χ1) is 19.9. The number of carbonyl (C=O) groups is 2. The molecule has 41 heavy (non-hydrogen) atoms. The van der Waals surface area contributed by atoms with Crippen LogP contribution in [0.15, 0.2) is 102 Å². The fourth-order valence-electron chi connectivity index (χ4n) is 4.47. The summed E-state index contributed by atoms with van der Waals surface area (Å²) in [6, 6.07) is 23.9. The number of aldehydes is 2. The Kier molecular flexibility index (Phi) is 9.65. The fraction of sp³-hybridized carbons (Fsp3) is 0.125. The molecule has 0 aliphatic heterocycles. The largest absolute Gasteiger partial charge is 0.388 e. The van der Waals surface area contributed by atoms with Crippen molar-refractivity contribution >= 4 is 67.6 Å². The molecule has 0 radical (unpaired) electrons. The number of para-hydroxylation sites is 2. The number of nitrogens with one attached hydrogen (secondary N) is 1. The molecule has 0 aliphatic carbocycles. The number of carbonyl (C=O) groups excluding carboxylic acids is 2. The van der Waals surface area contributed by atoms with Gasteiger partial charge in [0.25, 0.3) is 0 Å². The summed E-state index contributed by atoms with van der Waals surface area (Å²) >= 11 is 3.39. The van der Waals surface area contributed by atoms with Gasteiger partial charge in [-0.3, -0.25) is 9.59 Å². The number of halogens is 1. The summed E-state index contributed by atoms with van der Waals surface area (Å²) in [7, 11) is 7.67. The molecule has 0 amide bonds. The lowest BCUT2D eigenvalue weighted by Crippen LogP contribution is -2.10. The summed E-state index contributed by atoms with van der Waals surface area (Å²) < 4.78 is 4.62. The van der Waals surface area contributed by atoms with Crippen molar-refractivity contribution in [1.29, 1.82) is 0 Å². The number of aromatic nitrogens is 4. The molecule has 0 spiro atoms. The van der Waals surface area contributed by atoms with Crippen LogP contribution in [0.2, 0.25) is 0 Å². The highest BCUT2D eigenvalue weighted by molar-refractivity contribution is 9.10. The van der Waals surface area contributed by atoms with Gasteiger partial charge in [-0.15, -0.1) is 0 Å². The van der Waals surface area contributed by atoms with Crippen LogP contribution in [0.5, 0.6) is 0 Å². The number of aryl methyl sites for hydroxylation is 2. The zero-order valence-corrected chi connectivity index (χ0v) is 24.9. The maximum atomic E-state index is 11.3. The Morgan fingerprint density at radius 1 is 0.756 bits per heavy atom. The van der Waals surface area contributed by atoms with Crippen molar-refractivity contribution in [2.75, 3.05) is 24.3 Å². The Hall–Kier alpha value is -4.76. The third-order valence-electron chi connectivity index (χ3n) is 6.52. The van der Waals surface area contributed by atoms with Crippen LogP contribution in [0.4, 0.5) is 17.1 Å². The summed E-state index contributed by atoms with van der Waals surface area (Å²) in [5.74, 6) is 0. The van der Waals surface area contributed by atoms with Gasteiger partial charge in [0.1, 0.15) is 11.3 Å². The lowest BCUT2D eigenvalue weighted by Gasteiger charge is -2.20. The van der Waals surface area contributed by atoms with Gasteiger partial charge < -0.3 is 19.4 Å². The first-order valence-electron chi connectivity index (χ1n) is 12.8. The van der Waals surface area contributed by atoms with Crippen LogP contribution < -0.4 is 10.2 Å². The molecule has 8 nitrogen and oxygen atoms in total. The van der Waals surface area contributed by atoms with Crippen molar-refractivity contribution in [2.24, 2.45) is 14.1 Å². The highest BCUT2D eigenvalue weighted by Gasteiger charge is 2.15. The van der Waals surface area contributed by atoms with E-state index in [0.717, 1.165) is 56.2 Å². The average Bonchev–Trinajstić information content (AvgIpc) is 3.54. The monoisotopic (exact) mass is 610 g/mol. The molecule has 2 aromatic carbocycles. The molecule has 9 heteroatoms. The predicted molar refractivity (Wildman–Crippen MR) is 170 cm³/mol. The van der Waals surface area contributed by atoms with Gasteiger partial charge in [0.05, 0.1) is 11.1 Å². The minimum absolute atomic E-state index is 0.661. The average molecular weight is 612 g/mol. The van der Waals surface area contributed by atoms with Crippen molar-refractivity contribution in [3.63, 3.8) is 0 Å². The van der Waals surface area contributed by atoms with Crippen LogP contribution >= 0.6 is 15.9 Å². The van der Waals surface area contributed by atoms with Gasteiger partial charge in [-0.05, 0) is 52.3 Å². The molecule has 6 aromatic rings. The number of pyridine rings is 2. The highest BCUT2D eigenvalue weighted by atomic mass is 79.9. The summed E-state index contributed by atoms with van der Waals surface area (Å²) in [4.78, 5) is 32.6. The molecule has 4 heterocycles. The van der Waals surface area contributed by atoms with Crippen molar-refractivity contribution in [3.05, 3.63) is 113 Å². The Balaban J connectivity index is 0.000000158. The van der Waals surface area contributed by atoms with Gasteiger partial charge in [-0.1, -0.05) is 36.4 Å². The third-order valence-corrected chi connectivity index (χ3v) is 7.18. The number of hydrogen-bond donors (Lipinski definition) is 1. The smallest absolute Gasteiger partial charge is 0.152 e. The summed E-state index contributed by atoms with van der Waals surface area (Å²) in [6.45, 7) is 0. The van der Waals surface area contributed by atoms with E-state index in [1.165, 1.54) is 0 Å². The van der Waals surface area contributed by atoms with Crippen LogP contribution in [0.25, 0.3) is 22.1 Å². The van der Waals surface area contributed by atoms with E-state index in [-0.39, 0.29) is 0 Å². The van der Waals surface area contributed by atoms with Crippen LogP contribution in [0, 0.1) is 0 Å². The quantitative estimate of drug-likeness (QED) is 0.211. The van der Waals surface area contributed by atoms with Gasteiger partial charge in [0.2, 0.25) is 0 Å². The Labute approximate surface area is 247 Å². The minimum atomic E-state index is 0.661. The maximum Gasteiger partial charge on any atom is 0.152 e. The maximum absolute atomic E-state index is 11.3. The van der Waals surface area contributed by atoms with E-state index in [1.54, 1.807) is 18.6 Å². The molecule has 4 aromatic heterocycles. The third kappa shape index (κ3) is 6.53. The van der Waals surface area contributed by atoms with E-state index in [0.29, 0.717) is 11.1 Å². The van der Waals surface area contributed by atoms with Crippen LogP contribution in [-0.4, -0.2) is 45.8 Å². The highest BCUT2D eigenvalue weighted by Crippen LogP contribution is 2.32. The Morgan fingerprint density at radius 2 is 1.27 bits per heavy atom. The second kappa shape index (κ2) is 13.5. The molecule has 0 fully saturated rings. The molecule has 0 atom stereocenters. The topological polar surface area (TPSA) is 85.0 Å². The second-order valence-electron chi connectivity index (χ2n) is 9.16. The second-order valence-corrected chi connectivity index (χ2v) is 10.0. The number of anilines is 3. The standard InChI is InChI=1S/C16H15N3O.C9H7BrN2O.C7H9N/c1-18-10-12(11-20)15-14(8-9-17-16(15)18)19(2)13-6-4-3-5-7-13;1-12-4-6(5-13)8-7(10)2-3-11-9(8)12;1-8-7-5-3-2-4-6-7/h3-11H,1-2H3;2-5H,1H3;2-6,8H,1H3. The summed E-state index contributed by atoms with van der Waals surface area (Å²) in [5.41, 5.74) is 6.16. The summed E-state index contributed by atoms with van der Waals surface area (Å²) in [5, 5.41) is 4.79. The van der Waals surface area contributed by atoms with Crippen LogP contribution in [0.3, 0.4) is 0 Å². The lowest BCUT2D eigenvalue weighted by molar-refractivity contribution is 0.111. The van der Waals surface area contributed by atoms with Crippen molar-refractivity contribution in [3.8, 4) is 0 Å². The normalized spacial score (nSPS) is 10.3. The van der Waals surface area contributed by atoms with E-state index in [2.05, 4.69) is 36.1 Å². The van der Waals surface area contributed by atoms with Gasteiger partial charge >= 0.3 is 0 Å². The Bertz CT molecular complexity index is 1760. The Morgan fingerprint density at radius 3 is 1.80 bits per heavy atom. The van der Waals surface area contributed by atoms with Crippen molar-refractivity contribution in [1.82, 2.24) is 19.1 Å². The minimum Gasteiger partial charge on any atom is -0.388 e. The van der Waals surface area contributed by atoms with E-state index in [9.17, 15) is 9.59 Å².